The van der Waals surface area contributed by atoms with Crippen LogP contribution >= 0.6 is 22.9 Å². The highest BCUT2D eigenvalue weighted by atomic mass is 35.5. The van der Waals surface area contributed by atoms with Gasteiger partial charge in [0.2, 0.25) is 11.0 Å². The quantitative estimate of drug-likeness (QED) is 0.670. The molecule has 1 amide bonds. The van der Waals surface area contributed by atoms with Gasteiger partial charge in [0.05, 0.1) is 28.5 Å². The van der Waals surface area contributed by atoms with Gasteiger partial charge in [0.25, 0.3) is 0 Å². The fourth-order valence-electron chi connectivity index (χ4n) is 2.44. The highest BCUT2D eigenvalue weighted by Crippen LogP contribution is 2.24. The van der Waals surface area contributed by atoms with E-state index in [0.29, 0.717) is 27.1 Å². The van der Waals surface area contributed by atoms with Crippen LogP contribution in [0.25, 0.3) is 5.13 Å². The average Bonchev–Trinajstić information content (AvgIpc) is 3.15. The van der Waals surface area contributed by atoms with Gasteiger partial charge in [-0.15, -0.1) is 11.3 Å². The van der Waals surface area contributed by atoms with Crippen LogP contribution in [-0.2, 0) is 11.2 Å². The number of aromatic nitrogens is 3. The maximum Gasteiger partial charge on any atom is 0.230 e. The number of carbonyl (C=O) groups is 2. The van der Waals surface area contributed by atoms with Gasteiger partial charge in [0.15, 0.2) is 5.78 Å². The number of carbonyl (C=O) groups excluding carboxylic acids is 2. The lowest BCUT2D eigenvalue weighted by Crippen LogP contribution is -2.14. The standard InChI is InChI=1S/C18H17ClN4O2S/c1-10-17(19)11(2)23(22-10)18-21-15(9-26-18)8-16(25)20-14-6-4-13(5-7-14)12(3)24/h4-7,9H,8H2,1-3H3,(H,20,25). The minimum Gasteiger partial charge on any atom is -0.326 e. The van der Waals surface area contributed by atoms with E-state index in [-0.39, 0.29) is 18.1 Å². The van der Waals surface area contributed by atoms with Gasteiger partial charge >= 0.3 is 0 Å². The Morgan fingerprint density at radius 2 is 1.92 bits per heavy atom. The van der Waals surface area contributed by atoms with E-state index in [2.05, 4.69) is 15.4 Å². The third kappa shape index (κ3) is 3.84. The molecule has 0 unspecified atom stereocenters. The molecule has 2 aromatic heterocycles. The highest BCUT2D eigenvalue weighted by Gasteiger charge is 2.15. The van der Waals surface area contributed by atoms with Gasteiger partial charge in [-0.3, -0.25) is 9.59 Å². The first-order valence-electron chi connectivity index (χ1n) is 7.92. The lowest BCUT2D eigenvalue weighted by molar-refractivity contribution is -0.115. The SMILES string of the molecule is CC(=O)c1ccc(NC(=O)Cc2csc(-n3nc(C)c(Cl)c3C)n2)cc1. The zero-order valence-corrected chi connectivity index (χ0v) is 16.1. The van der Waals surface area contributed by atoms with Crippen LogP contribution in [0.3, 0.4) is 0 Å². The number of nitrogens with zero attached hydrogens (tertiary/aromatic N) is 3. The van der Waals surface area contributed by atoms with Gasteiger partial charge in [-0.05, 0) is 45.0 Å². The molecule has 0 aliphatic heterocycles. The van der Waals surface area contributed by atoms with Crippen molar-refractivity contribution in [2.45, 2.75) is 27.2 Å². The average molecular weight is 389 g/mol. The molecule has 3 rings (SSSR count). The monoisotopic (exact) mass is 388 g/mol. The summed E-state index contributed by atoms with van der Waals surface area (Å²) in [5, 5.41) is 10.3. The predicted octanol–water partition coefficient (Wildman–Crippen LogP) is 3.98. The Morgan fingerprint density at radius 1 is 1.23 bits per heavy atom. The zero-order chi connectivity index (χ0) is 18.8. The largest absolute Gasteiger partial charge is 0.326 e. The first-order chi connectivity index (χ1) is 12.3. The molecule has 0 bridgehead atoms. The van der Waals surface area contributed by atoms with Gasteiger partial charge in [0.1, 0.15) is 0 Å². The van der Waals surface area contributed by atoms with Crippen molar-refractivity contribution in [3.63, 3.8) is 0 Å². The van der Waals surface area contributed by atoms with Crippen molar-refractivity contribution in [2.75, 3.05) is 5.32 Å². The van der Waals surface area contributed by atoms with E-state index in [4.69, 9.17) is 11.6 Å². The van der Waals surface area contributed by atoms with E-state index in [0.717, 1.165) is 11.4 Å². The van der Waals surface area contributed by atoms with Gasteiger partial charge in [-0.25, -0.2) is 9.67 Å². The number of benzene rings is 1. The number of aryl methyl sites for hydroxylation is 1. The summed E-state index contributed by atoms with van der Waals surface area (Å²) < 4.78 is 1.68. The molecular weight excluding hydrogens is 372 g/mol. The molecule has 0 atom stereocenters. The Balaban J connectivity index is 1.67. The van der Waals surface area contributed by atoms with Crippen LogP contribution in [0.15, 0.2) is 29.6 Å². The summed E-state index contributed by atoms with van der Waals surface area (Å²) in [5.74, 6) is -0.189. The number of nitrogens with one attached hydrogen (secondary N) is 1. The normalized spacial score (nSPS) is 10.8. The summed E-state index contributed by atoms with van der Waals surface area (Å²) in [6.07, 6.45) is 0.151. The maximum atomic E-state index is 12.2. The van der Waals surface area contributed by atoms with Crippen LogP contribution in [0.5, 0.6) is 0 Å². The molecule has 0 fully saturated rings. The van der Waals surface area contributed by atoms with E-state index in [1.54, 1.807) is 28.9 Å². The Kier molecular flexibility index (Phi) is 5.20. The lowest BCUT2D eigenvalue weighted by Gasteiger charge is -2.04. The van der Waals surface area contributed by atoms with Crippen molar-refractivity contribution in [3.05, 3.63) is 57.3 Å². The van der Waals surface area contributed by atoms with Crippen LogP contribution in [0.4, 0.5) is 5.69 Å². The molecule has 26 heavy (non-hydrogen) atoms. The van der Waals surface area contributed by atoms with Gasteiger partial charge in [-0.1, -0.05) is 11.6 Å². The van der Waals surface area contributed by atoms with E-state index in [1.807, 2.05) is 19.2 Å². The van der Waals surface area contributed by atoms with E-state index >= 15 is 0 Å². The molecule has 2 heterocycles. The van der Waals surface area contributed by atoms with Crippen LogP contribution < -0.4 is 5.32 Å². The summed E-state index contributed by atoms with van der Waals surface area (Å²) in [7, 11) is 0. The Hall–Kier alpha value is -2.51. The second kappa shape index (κ2) is 7.39. The summed E-state index contributed by atoms with van der Waals surface area (Å²) in [4.78, 5) is 28.0. The Labute approximate surface area is 159 Å². The number of anilines is 1. The second-order valence-corrected chi connectivity index (χ2v) is 7.09. The summed E-state index contributed by atoms with van der Waals surface area (Å²) in [6, 6.07) is 6.79. The number of amides is 1. The molecule has 6 nitrogen and oxygen atoms in total. The van der Waals surface area contributed by atoms with E-state index < -0.39 is 0 Å². The van der Waals surface area contributed by atoms with Crippen molar-refractivity contribution < 1.29 is 9.59 Å². The lowest BCUT2D eigenvalue weighted by atomic mass is 10.1. The van der Waals surface area contributed by atoms with Crippen molar-refractivity contribution >= 4 is 40.3 Å². The number of thiazole rings is 1. The first kappa shape index (κ1) is 18.3. The summed E-state index contributed by atoms with van der Waals surface area (Å²) in [5.41, 5.74) is 3.47. The van der Waals surface area contributed by atoms with Gasteiger partial charge < -0.3 is 5.32 Å². The molecule has 0 aliphatic rings. The Morgan fingerprint density at radius 3 is 2.50 bits per heavy atom. The minimum absolute atomic E-state index is 0.0119. The molecule has 8 heteroatoms. The fraction of sp³-hybridized carbons (Fsp3) is 0.222. The van der Waals surface area contributed by atoms with Crippen molar-refractivity contribution in [1.82, 2.24) is 14.8 Å². The smallest absolute Gasteiger partial charge is 0.230 e. The highest BCUT2D eigenvalue weighted by molar-refractivity contribution is 7.12. The molecule has 0 spiro atoms. The molecule has 0 saturated carbocycles. The van der Waals surface area contributed by atoms with Crippen LogP contribution in [0, 0.1) is 13.8 Å². The molecule has 3 aromatic rings. The summed E-state index contributed by atoms with van der Waals surface area (Å²) in [6.45, 7) is 5.22. The predicted molar refractivity (Wildman–Crippen MR) is 103 cm³/mol. The van der Waals surface area contributed by atoms with Crippen molar-refractivity contribution in [3.8, 4) is 5.13 Å². The van der Waals surface area contributed by atoms with Crippen molar-refractivity contribution in [2.24, 2.45) is 0 Å². The van der Waals surface area contributed by atoms with Crippen molar-refractivity contribution in [1.29, 1.82) is 0 Å². The maximum absolute atomic E-state index is 12.2. The Bertz CT molecular complexity index is 976. The summed E-state index contributed by atoms with van der Waals surface area (Å²) >= 11 is 7.57. The molecule has 134 valence electrons. The molecule has 1 aromatic carbocycles. The first-order valence-corrected chi connectivity index (χ1v) is 9.18. The fourth-order valence-corrected chi connectivity index (χ4v) is 3.39. The molecule has 0 radical (unpaired) electrons. The topological polar surface area (TPSA) is 76.9 Å². The number of hydrogen-bond donors (Lipinski definition) is 1. The van der Waals surface area contributed by atoms with Gasteiger partial charge in [0, 0.05) is 16.6 Å². The molecular formula is C18H17ClN4O2S. The molecule has 0 aliphatic carbocycles. The van der Waals surface area contributed by atoms with Crippen LogP contribution in [-0.4, -0.2) is 26.5 Å². The minimum atomic E-state index is -0.177. The number of halogens is 1. The zero-order valence-electron chi connectivity index (χ0n) is 14.5. The number of rotatable bonds is 5. The van der Waals surface area contributed by atoms with Gasteiger partial charge in [-0.2, -0.15) is 5.10 Å². The second-order valence-electron chi connectivity index (χ2n) is 5.88. The molecule has 1 N–H and O–H groups in total. The van der Waals surface area contributed by atoms with E-state index in [1.165, 1.54) is 18.3 Å². The van der Waals surface area contributed by atoms with E-state index in [9.17, 15) is 9.59 Å². The third-order valence-electron chi connectivity index (χ3n) is 3.84. The molecule has 0 saturated heterocycles. The van der Waals surface area contributed by atoms with Crippen LogP contribution in [0.2, 0.25) is 5.02 Å². The third-order valence-corrected chi connectivity index (χ3v) is 5.25. The number of ketones is 1. The number of Topliss-reactive ketones (excluding diaryl/α,β-unsaturated/α-hetero) is 1. The number of hydrogen-bond acceptors (Lipinski definition) is 5. The van der Waals surface area contributed by atoms with Crippen LogP contribution in [0.1, 0.15) is 34.4 Å².